The highest BCUT2D eigenvalue weighted by Gasteiger charge is 2.45. The Morgan fingerprint density at radius 1 is 1.04 bits per heavy atom. The smallest absolute Gasteiger partial charge is 0.128 e. The number of anilines is 1. The maximum atomic E-state index is 6.32. The van der Waals surface area contributed by atoms with Crippen LogP contribution in [0.4, 0.5) is 5.69 Å². The van der Waals surface area contributed by atoms with Crippen LogP contribution < -0.4 is 14.8 Å². The van der Waals surface area contributed by atoms with E-state index in [1.54, 1.807) is 14.2 Å². The van der Waals surface area contributed by atoms with E-state index in [9.17, 15) is 0 Å². The highest BCUT2D eigenvalue weighted by molar-refractivity contribution is 6.31. The van der Waals surface area contributed by atoms with Gasteiger partial charge in [0.1, 0.15) is 11.5 Å². The number of H-pyrrole nitrogens is 1. The molecule has 4 rings (SSSR count). The number of ether oxygens (including phenoxy) is 2. The number of nitrogens with one attached hydrogen (secondary N) is 2. The topological polar surface area (TPSA) is 46.3 Å². The fourth-order valence-corrected chi connectivity index (χ4v) is 4.87. The Labute approximate surface area is 164 Å². The Balaban J connectivity index is 2.04. The first-order valence-electron chi connectivity index (χ1n) is 9.09. The molecule has 1 aromatic heterocycles. The van der Waals surface area contributed by atoms with Crippen LogP contribution in [0.25, 0.3) is 10.9 Å². The number of rotatable bonds is 3. The van der Waals surface area contributed by atoms with Gasteiger partial charge in [-0.15, -0.1) is 0 Å². The second-order valence-corrected chi connectivity index (χ2v) is 8.60. The fourth-order valence-electron chi connectivity index (χ4n) is 4.70. The molecule has 1 aliphatic rings. The summed E-state index contributed by atoms with van der Waals surface area (Å²) in [7, 11) is 3.39. The molecule has 0 spiro atoms. The van der Waals surface area contributed by atoms with E-state index >= 15 is 0 Å². The maximum absolute atomic E-state index is 6.32. The molecule has 142 valence electrons. The number of benzene rings is 2. The first-order valence-corrected chi connectivity index (χ1v) is 9.47. The highest BCUT2D eigenvalue weighted by atomic mass is 35.5. The van der Waals surface area contributed by atoms with Crippen molar-refractivity contribution >= 4 is 28.2 Å². The van der Waals surface area contributed by atoms with Gasteiger partial charge in [0.25, 0.3) is 0 Å². The van der Waals surface area contributed by atoms with E-state index in [4.69, 9.17) is 21.1 Å². The zero-order valence-electron chi connectivity index (χ0n) is 16.4. The molecule has 0 unspecified atom stereocenters. The van der Waals surface area contributed by atoms with Crippen LogP contribution in [0.3, 0.4) is 0 Å². The lowest BCUT2D eigenvalue weighted by molar-refractivity contribution is 0.346. The normalized spacial score (nSPS) is 20.8. The summed E-state index contributed by atoms with van der Waals surface area (Å²) in [5.74, 6) is 1.60. The van der Waals surface area contributed by atoms with Crippen LogP contribution >= 0.6 is 11.6 Å². The monoisotopic (exact) mass is 384 g/mol. The zero-order chi connectivity index (χ0) is 19.4. The lowest BCUT2D eigenvalue weighted by Gasteiger charge is -2.46. The van der Waals surface area contributed by atoms with Crippen molar-refractivity contribution in [1.29, 1.82) is 0 Å². The fraction of sp³-hybridized carbons (Fsp3) is 0.364. The Morgan fingerprint density at radius 3 is 2.52 bits per heavy atom. The number of fused-ring (bicyclic) bond motifs is 2. The maximum Gasteiger partial charge on any atom is 0.128 e. The number of aromatic amines is 1. The van der Waals surface area contributed by atoms with Crippen molar-refractivity contribution in [2.75, 3.05) is 19.5 Å². The van der Waals surface area contributed by atoms with Crippen LogP contribution in [0.5, 0.6) is 11.5 Å². The molecule has 27 heavy (non-hydrogen) atoms. The summed E-state index contributed by atoms with van der Waals surface area (Å²) in [6.45, 7) is 6.73. The Kier molecular flexibility index (Phi) is 4.08. The average molecular weight is 385 g/mol. The van der Waals surface area contributed by atoms with Gasteiger partial charge in [-0.25, -0.2) is 0 Å². The summed E-state index contributed by atoms with van der Waals surface area (Å²) < 4.78 is 11.3. The summed E-state index contributed by atoms with van der Waals surface area (Å²) in [5.41, 5.74) is 4.14. The van der Waals surface area contributed by atoms with Crippen LogP contribution in [-0.4, -0.2) is 24.7 Å². The van der Waals surface area contributed by atoms with Gasteiger partial charge in [-0.05, 0) is 44.0 Å². The SMILES string of the molecule is COc1cc2c(c(OC)c1)[C@@](C)(c1c[nH]c3ccc(Cl)cc13)CC(C)(C)N2. The van der Waals surface area contributed by atoms with E-state index in [0.717, 1.165) is 45.1 Å². The molecular formula is C22H25ClN2O2. The molecule has 0 fully saturated rings. The van der Waals surface area contributed by atoms with Crippen LogP contribution in [0, 0.1) is 0 Å². The van der Waals surface area contributed by atoms with Gasteiger partial charge in [0.05, 0.1) is 14.2 Å². The van der Waals surface area contributed by atoms with Crippen LogP contribution in [-0.2, 0) is 5.41 Å². The van der Waals surface area contributed by atoms with Crippen LogP contribution in [0.2, 0.25) is 5.02 Å². The lowest BCUT2D eigenvalue weighted by Crippen LogP contribution is -2.45. The minimum Gasteiger partial charge on any atom is -0.497 e. The van der Waals surface area contributed by atoms with Crippen molar-refractivity contribution in [2.45, 2.75) is 38.1 Å². The highest BCUT2D eigenvalue weighted by Crippen LogP contribution is 2.53. The van der Waals surface area contributed by atoms with Crippen molar-refractivity contribution in [3.05, 3.63) is 52.7 Å². The van der Waals surface area contributed by atoms with Crippen molar-refractivity contribution in [2.24, 2.45) is 0 Å². The molecule has 0 saturated heterocycles. The summed E-state index contributed by atoms with van der Waals surface area (Å²) in [6, 6.07) is 10.00. The van der Waals surface area contributed by atoms with Gasteiger partial charge >= 0.3 is 0 Å². The third kappa shape index (κ3) is 2.83. The number of methoxy groups -OCH3 is 2. The number of hydrogen-bond donors (Lipinski definition) is 2. The summed E-state index contributed by atoms with van der Waals surface area (Å²) >= 11 is 6.32. The second-order valence-electron chi connectivity index (χ2n) is 8.16. The number of hydrogen-bond acceptors (Lipinski definition) is 3. The Hall–Kier alpha value is -2.33. The molecule has 5 heteroatoms. The molecule has 4 nitrogen and oxygen atoms in total. The summed E-state index contributed by atoms with van der Waals surface area (Å²) in [6.07, 6.45) is 3.02. The van der Waals surface area contributed by atoms with Crippen molar-refractivity contribution in [3.63, 3.8) is 0 Å². The molecule has 0 amide bonds. The van der Waals surface area contributed by atoms with E-state index in [0.29, 0.717) is 0 Å². The Bertz CT molecular complexity index is 1020. The molecule has 1 atom stereocenters. The molecule has 2 heterocycles. The van der Waals surface area contributed by atoms with Crippen LogP contribution in [0.1, 0.15) is 38.3 Å². The Morgan fingerprint density at radius 2 is 1.81 bits per heavy atom. The average Bonchev–Trinajstić information content (AvgIpc) is 3.03. The van der Waals surface area contributed by atoms with Gasteiger partial charge < -0.3 is 19.8 Å². The first kappa shape index (κ1) is 18.1. The first-order chi connectivity index (χ1) is 12.8. The van der Waals surface area contributed by atoms with E-state index in [1.807, 2.05) is 24.3 Å². The van der Waals surface area contributed by atoms with E-state index in [-0.39, 0.29) is 11.0 Å². The molecule has 0 saturated carbocycles. The number of halogens is 1. The number of aromatic nitrogens is 1. The van der Waals surface area contributed by atoms with Crippen LogP contribution in [0.15, 0.2) is 36.5 Å². The largest absolute Gasteiger partial charge is 0.497 e. The van der Waals surface area contributed by atoms with E-state index < -0.39 is 0 Å². The third-order valence-corrected chi connectivity index (χ3v) is 5.82. The predicted molar refractivity (Wildman–Crippen MR) is 112 cm³/mol. The molecule has 2 aromatic carbocycles. The summed E-state index contributed by atoms with van der Waals surface area (Å²) in [5, 5.41) is 5.55. The standard InChI is InChI=1S/C22H25ClN2O2/c1-21(2)12-22(3,16-11-24-17-7-6-13(23)8-15(16)17)20-18(25-21)9-14(26-4)10-19(20)27-5/h6-11,24-25H,12H2,1-5H3/t22-/m1/s1. The third-order valence-electron chi connectivity index (χ3n) is 5.59. The van der Waals surface area contributed by atoms with Gasteiger partial charge in [-0.2, -0.15) is 0 Å². The van der Waals surface area contributed by atoms with Crippen molar-refractivity contribution in [1.82, 2.24) is 4.98 Å². The second kappa shape index (κ2) is 6.10. The lowest BCUT2D eigenvalue weighted by atomic mass is 9.65. The van der Waals surface area contributed by atoms with E-state index in [2.05, 4.69) is 43.3 Å². The molecule has 0 bridgehead atoms. The van der Waals surface area contributed by atoms with Gasteiger partial charge in [-0.1, -0.05) is 18.5 Å². The minimum absolute atomic E-state index is 0.0959. The molecule has 0 aliphatic carbocycles. The van der Waals surface area contributed by atoms with Gasteiger partial charge in [0.2, 0.25) is 0 Å². The minimum atomic E-state index is -0.259. The van der Waals surface area contributed by atoms with Gasteiger partial charge in [0, 0.05) is 56.5 Å². The quantitative estimate of drug-likeness (QED) is 0.605. The van der Waals surface area contributed by atoms with Crippen molar-refractivity contribution < 1.29 is 9.47 Å². The molecule has 3 aromatic rings. The van der Waals surface area contributed by atoms with Gasteiger partial charge in [0.15, 0.2) is 0 Å². The molecule has 1 aliphatic heterocycles. The molecular weight excluding hydrogens is 360 g/mol. The molecule has 2 N–H and O–H groups in total. The van der Waals surface area contributed by atoms with Gasteiger partial charge in [-0.3, -0.25) is 0 Å². The summed E-state index contributed by atoms with van der Waals surface area (Å²) in [4.78, 5) is 3.41. The van der Waals surface area contributed by atoms with E-state index in [1.165, 1.54) is 5.56 Å². The zero-order valence-corrected chi connectivity index (χ0v) is 17.1. The molecule has 0 radical (unpaired) electrons. The predicted octanol–water partition coefficient (Wildman–Crippen LogP) is 5.74. The van der Waals surface area contributed by atoms with Crippen molar-refractivity contribution in [3.8, 4) is 11.5 Å².